The van der Waals surface area contributed by atoms with Gasteiger partial charge in [0.15, 0.2) is 0 Å². The summed E-state index contributed by atoms with van der Waals surface area (Å²) in [5.41, 5.74) is 1.21. The fourth-order valence-electron chi connectivity index (χ4n) is 4.09. The van der Waals surface area contributed by atoms with Crippen molar-refractivity contribution in [2.24, 2.45) is 0 Å². The number of benzene rings is 3. The zero-order chi connectivity index (χ0) is 24.7. The fraction of sp³-hybridized carbons (Fsp3) is 0.321. The second kappa shape index (κ2) is 12.0. The summed E-state index contributed by atoms with van der Waals surface area (Å²) in [6, 6.07) is 23.6. The van der Waals surface area contributed by atoms with E-state index in [1.807, 2.05) is 86.6 Å². The first-order valence-corrected chi connectivity index (χ1v) is 13.7. The molecule has 7 heteroatoms. The monoisotopic (exact) mass is 554 g/mol. The molecule has 2 heterocycles. The van der Waals surface area contributed by atoms with Crippen molar-refractivity contribution in [3.63, 3.8) is 0 Å². The van der Waals surface area contributed by atoms with E-state index in [1.165, 1.54) is 11.3 Å². The van der Waals surface area contributed by atoms with Crippen molar-refractivity contribution in [3.05, 3.63) is 82.8 Å². The van der Waals surface area contributed by atoms with Crippen molar-refractivity contribution in [1.82, 2.24) is 9.88 Å². The first-order chi connectivity index (χ1) is 17.1. The molecule has 1 saturated heterocycles. The number of halogens is 1. The number of para-hydroxylation sites is 1. The molecule has 35 heavy (non-hydrogen) atoms. The summed E-state index contributed by atoms with van der Waals surface area (Å²) in [7, 11) is 0. The third-order valence-corrected chi connectivity index (χ3v) is 7.49. The molecule has 1 aromatic heterocycles. The van der Waals surface area contributed by atoms with Gasteiger partial charge in [-0.15, -0.1) is 0 Å². The van der Waals surface area contributed by atoms with Crippen molar-refractivity contribution in [3.8, 4) is 16.7 Å². The van der Waals surface area contributed by atoms with Crippen molar-refractivity contribution < 1.29 is 14.6 Å². The Morgan fingerprint density at radius 3 is 2.29 bits per heavy atom. The van der Waals surface area contributed by atoms with Crippen LogP contribution in [-0.2, 0) is 5.60 Å². The summed E-state index contributed by atoms with van der Waals surface area (Å²) in [6.07, 6.45) is 1.46. The topological polar surface area (TPSA) is 54.8 Å². The normalized spacial score (nSPS) is 15.3. The zero-order valence-corrected chi connectivity index (χ0v) is 22.5. The van der Waals surface area contributed by atoms with Crippen LogP contribution in [0.15, 0.2) is 77.3 Å². The van der Waals surface area contributed by atoms with Gasteiger partial charge < -0.3 is 14.6 Å². The smallest absolute Gasteiger partial charge is 0.279 e. The Morgan fingerprint density at radius 1 is 0.943 bits per heavy atom. The molecule has 0 amide bonds. The molecule has 184 valence electrons. The maximum absolute atomic E-state index is 11.0. The minimum atomic E-state index is -0.739. The lowest BCUT2D eigenvalue weighted by atomic mass is 9.84. The first kappa shape index (κ1) is 25.6. The third kappa shape index (κ3) is 6.61. The summed E-state index contributed by atoms with van der Waals surface area (Å²) >= 11 is 4.99. The molecule has 1 aliphatic heterocycles. The van der Waals surface area contributed by atoms with Crippen molar-refractivity contribution >= 4 is 37.5 Å². The Morgan fingerprint density at radius 2 is 1.60 bits per heavy atom. The van der Waals surface area contributed by atoms with Crippen LogP contribution in [0.5, 0.6) is 16.7 Å². The number of rotatable bonds is 7. The van der Waals surface area contributed by atoms with E-state index < -0.39 is 5.60 Å². The molecule has 1 fully saturated rings. The number of ether oxygens (including phenoxy) is 2. The van der Waals surface area contributed by atoms with Crippen LogP contribution in [0.25, 0.3) is 10.2 Å². The minimum Gasteiger partial charge on any atom is -0.492 e. The molecule has 5 nitrogen and oxygen atoms in total. The molecule has 5 rings (SSSR count). The molecule has 1 aliphatic rings. The SMILES string of the molecule is CC.OC1(c2ccc(Br)cc2)CCN(CCOc2ccc(Oc3nc4ccccc4s3)cc2)CC1. The average Bonchev–Trinajstić information content (AvgIpc) is 3.30. The zero-order valence-electron chi connectivity index (χ0n) is 20.1. The second-order valence-corrected chi connectivity index (χ2v) is 10.2. The van der Waals surface area contributed by atoms with Crippen molar-refractivity contribution in [2.75, 3.05) is 26.2 Å². The molecule has 3 aromatic carbocycles. The third-order valence-electron chi connectivity index (χ3n) is 6.04. The minimum absolute atomic E-state index is 0.606. The molecule has 0 saturated carbocycles. The van der Waals surface area contributed by atoms with Gasteiger partial charge in [-0.1, -0.05) is 65.4 Å². The summed E-state index contributed by atoms with van der Waals surface area (Å²) in [6.45, 7) is 7.14. The summed E-state index contributed by atoms with van der Waals surface area (Å²) in [5, 5.41) is 11.7. The highest BCUT2D eigenvalue weighted by Crippen LogP contribution is 2.34. The summed E-state index contributed by atoms with van der Waals surface area (Å²) < 4.78 is 14.0. The number of piperidine rings is 1. The maximum Gasteiger partial charge on any atom is 0.279 e. The molecule has 0 atom stereocenters. The number of hydrogen-bond acceptors (Lipinski definition) is 6. The van der Waals surface area contributed by atoms with Gasteiger partial charge in [-0.25, -0.2) is 4.98 Å². The highest BCUT2D eigenvalue weighted by molar-refractivity contribution is 9.10. The van der Waals surface area contributed by atoms with Crippen LogP contribution in [0.3, 0.4) is 0 Å². The van der Waals surface area contributed by atoms with E-state index in [0.29, 0.717) is 11.8 Å². The highest BCUT2D eigenvalue weighted by atomic mass is 79.9. The molecule has 0 radical (unpaired) electrons. The van der Waals surface area contributed by atoms with Crippen molar-refractivity contribution in [1.29, 1.82) is 0 Å². The van der Waals surface area contributed by atoms with E-state index in [4.69, 9.17) is 9.47 Å². The predicted octanol–water partition coefficient (Wildman–Crippen LogP) is 7.24. The van der Waals surface area contributed by atoms with E-state index in [-0.39, 0.29) is 0 Å². The van der Waals surface area contributed by atoms with Gasteiger partial charge in [0.25, 0.3) is 5.19 Å². The Kier molecular flexibility index (Phi) is 8.78. The molecule has 4 aromatic rings. The van der Waals surface area contributed by atoms with Crippen LogP contribution >= 0.6 is 27.3 Å². The number of aliphatic hydroxyl groups is 1. The number of hydrogen-bond donors (Lipinski definition) is 1. The van der Waals surface area contributed by atoms with Gasteiger partial charge in [-0.2, -0.15) is 0 Å². The average molecular weight is 556 g/mol. The van der Waals surface area contributed by atoms with Crippen LogP contribution < -0.4 is 9.47 Å². The van der Waals surface area contributed by atoms with Gasteiger partial charge in [-0.05, 0) is 66.9 Å². The number of thiazole rings is 1. The summed E-state index contributed by atoms with van der Waals surface area (Å²) in [4.78, 5) is 6.85. The van der Waals surface area contributed by atoms with Crippen LogP contribution in [-0.4, -0.2) is 41.2 Å². The molecule has 0 bridgehead atoms. The van der Waals surface area contributed by atoms with Crippen LogP contribution in [0, 0.1) is 0 Å². The highest BCUT2D eigenvalue weighted by Gasteiger charge is 2.33. The standard InChI is InChI=1S/C26H25BrN2O3S.C2H6/c27-20-7-5-19(6-8-20)26(30)13-15-29(16-14-26)17-18-31-21-9-11-22(12-10-21)32-25-28-23-3-1-2-4-24(23)33-25;1-2/h1-12,30H,13-18H2;1-2H3. The van der Waals surface area contributed by atoms with E-state index in [0.717, 1.165) is 64.2 Å². The van der Waals surface area contributed by atoms with Crippen molar-refractivity contribution in [2.45, 2.75) is 32.3 Å². The first-order valence-electron chi connectivity index (χ1n) is 12.0. The van der Waals surface area contributed by atoms with E-state index >= 15 is 0 Å². The molecular formula is C28H31BrN2O3S. The maximum atomic E-state index is 11.0. The summed E-state index contributed by atoms with van der Waals surface area (Å²) in [5.74, 6) is 1.56. The Bertz CT molecular complexity index is 1170. The van der Waals surface area contributed by atoms with Crippen LogP contribution in [0.4, 0.5) is 0 Å². The lowest BCUT2D eigenvalue weighted by Crippen LogP contribution is -2.43. The molecule has 0 aliphatic carbocycles. The van der Waals surface area contributed by atoms with Gasteiger partial charge in [-0.3, -0.25) is 4.90 Å². The number of fused-ring (bicyclic) bond motifs is 1. The van der Waals surface area contributed by atoms with E-state index in [9.17, 15) is 5.11 Å². The van der Waals surface area contributed by atoms with Gasteiger partial charge in [0.05, 0.1) is 15.8 Å². The molecule has 0 spiro atoms. The van der Waals surface area contributed by atoms with Gasteiger partial charge in [0.2, 0.25) is 0 Å². The van der Waals surface area contributed by atoms with Gasteiger partial charge in [0.1, 0.15) is 18.1 Å². The second-order valence-electron chi connectivity index (χ2n) is 8.25. The largest absolute Gasteiger partial charge is 0.492 e. The molecule has 0 unspecified atom stereocenters. The fourth-order valence-corrected chi connectivity index (χ4v) is 5.19. The Balaban J connectivity index is 0.00000141. The van der Waals surface area contributed by atoms with E-state index in [1.54, 1.807) is 0 Å². The quantitative estimate of drug-likeness (QED) is 0.261. The Hall–Kier alpha value is -2.45. The van der Waals surface area contributed by atoms with Gasteiger partial charge in [0, 0.05) is 24.1 Å². The number of likely N-dealkylation sites (tertiary alicyclic amines) is 1. The van der Waals surface area contributed by atoms with Crippen LogP contribution in [0.1, 0.15) is 32.3 Å². The lowest BCUT2D eigenvalue weighted by molar-refractivity contribution is -0.0278. The van der Waals surface area contributed by atoms with E-state index in [2.05, 4.69) is 25.8 Å². The van der Waals surface area contributed by atoms with Gasteiger partial charge >= 0.3 is 0 Å². The Labute approximate surface area is 219 Å². The molecule has 1 N–H and O–H groups in total. The predicted molar refractivity (Wildman–Crippen MR) is 147 cm³/mol. The lowest BCUT2D eigenvalue weighted by Gasteiger charge is -2.38. The van der Waals surface area contributed by atoms with Crippen LogP contribution in [0.2, 0.25) is 0 Å². The number of aromatic nitrogens is 1. The number of nitrogens with zero attached hydrogens (tertiary/aromatic N) is 2. The molecular weight excluding hydrogens is 524 g/mol.